The molecule has 3 heterocycles. The predicted octanol–water partition coefficient (Wildman–Crippen LogP) is -0.888. The van der Waals surface area contributed by atoms with Crippen LogP contribution < -0.4 is 11.3 Å². The molecule has 0 aromatic carbocycles. The van der Waals surface area contributed by atoms with E-state index < -0.39 is 35.8 Å². The third-order valence-electron chi connectivity index (χ3n) is 4.03. The maximum Gasteiger partial charge on any atom is 0.289 e. The molecule has 0 bridgehead atoms. The second-order valence-corrected chi connectivity index (χ2v) is 6.04. The van der Waals surface area contributed by atoms with Crippen LogP contribution in [0, 0.1) is 5.92 Å². The van der Waals surface area contributed by atoms with Gasteiger partial charge < -0.3 is 20.7 Å². The van der Waals surface area contributed by atoms with Crippen LogP contribution in [0.1, 0.15) is 31.3 Å². The van der Waals surface area contributed by atoms with Crippen LogP contribution in [0.4, 0.5) is 5.95 Å². The van der Waals surface area contributed by atoms with E-state index >= 15 is 0 Å². The highest BCUT2D eigenvalue weighted by atomic mass is 16.5. The third kappa shape index (κ3) is 2.48. The number of nitrogens with two attached hydrogens (primary N) is 1. The maximum absolute atomic E-state index is 12.5. The van der Waals surface area contributed by atoms with E-state index in [2.05, 4.69) is 9.97 Å². The SMILES string of the molecule is CC(C)C(=O)n1c(N)nc2c(ncn2[C@H]2C[C@H](O)[C@@H](CO)O2)c1=O. The number of rotatable bonds is 3. The molecule has 1 aliphatic heterocycles. The minimum Gasteiger partial charge on any atom is -0.394 e. The first kappa shape index (κ1) is 16.6. The van der Waals surface area contributed by atoms with E-state index in [0.29, 0.717) is 0 Å². The van der Waals surface area contributed by atoms with E-state index in [1.54, 1.807) is 13.8 Å². The summed E-state index contributed by atoms with van der Waals surface area (Å²) in [4.78, 5) is 32.8. The molecule has 0 unspecified atom stereocenters. The highest BCUT2D eigenvalue weighted by molar-refractivity contribution is 5.85. The minimum absolute atomic E-state index is 0.0104. The lowest BCUT2D eigenvalue weighted by atomic mass is 10.2. The molecular formula is C14H19N5O5. The second kappa shape index (κ2) is 5.96. The third-order valence-corrected chi connectivity index (χ3v) is 4.03. The smallest absolute Gasteiger partial charge is 0.289 e. The van der Waals surface area contributed by atoms with Crippen molar-refractivity contribution in [3.63, 3.8) is 0 Å². The Bertz CT molecular complexity index is 842. The van der Waals surface area contributed by atoms with Crippen LogP contribution in [0.2, 0.25) is 0 Å². The summed E-state index contributed by atoms with van der Waals surface area (Å²) in [6, 6.07) is 0. The Morgan fingerprint density at radius 2 is 2.25 bits per heavy atom. The second-order valence-electron chi connectivity index (χ2n) is 6.04. The van der Waals surface area contributed by atoms with Crippen molar-refractivity contribution in [2.45, 2.75) is 38.7 Å². The fourth-order valence-electron chi connectivity index (χ4n) is 2.72. The quantitative estimate of drug-likeness (QED) is 0.654. The van der Waals surface area contributed by atoms with Crippen molar-refractivity contribution in [1.82, 2.24) is 19.1 Å². The van der Waals surface area contributed by atoms with Crippen molar-refractivity contribution >= 4 is 23.0 Å². The standard InChI is InChI=1S/C14H19N5O5/c1-6(2)12(22)19-13(23)10-11(17-14(19)15)18(5-16-10)9-3-7(21)8(4-20)24-9/h5-9,20-21H,3-4H2,1-2H3,(H2,15,17)/t7-,8+,9+/m0/s1. The molecule has 0 radical (unpaired) electrons. The molecule has 10 nitrogen and oxygen atoms in total. The summed E-state index contributed by atoms with van der Waals surface area (Å²) in [5.74, 6) is -1.12. The number of aromatic nitrogens is 4. The van der Waals surface area contributed by atoms with Crippen LogP contribution in [0.3, 0.4) is 0 Å². The Kier molecular flexibility index (Phi) is 4.11. The van der Waals surface area contributed by atoms with Crippen LogP contribution in [-0.2, 0) is 4.74 Å². The molecule has 3 atom stereocenters. The number of carbonyl (C=O) groups excluding carboxylic acids is 1. The number of anilines is 1. The van der Waals surface area contributed by atoms with Crippen molar-refractivity contribution in [2.24, 2.45) is 5.92 Å². The number of imidazole rings is 1. The summed E-state index contributed by atoms with van der Waals surface area (Å²) in [5, 5.41) is 19.0. The largest absolute Gasteiger partial charge is 0.394 e. The fraction of sp³-hybridized carbons (Fsp3) is 0.571. The minimum atomic E-state index is -0.835. The summed E-state index contributed by atoms with van der Waals surface area (Å²) < 4.78 is 7.82. The number of nitrogen functional groups attached to an aromatic ring is 1. The van der Waals surface area contributed by atoms with Gasteiger partial charge in [-0.1, -0.05) is 13.8 Å². The molecule has 10 heteroatoms. The van der Waals surface area contributed by atoms with Crippen LogP contribution in [-0.4, -0.2) is 54.0 Å². The molecule has 3 rings (SSSR count). The number of aliphatic hydroxyl groups excluding tert-OH is 2. The summed E-state index contributed by atoms with van der Waals surface area (Å²) in [5.41, 5.74) is 5.30. The zero-order chi connectivity index (χ0) is 17.6. The van der Waals surface area contributed by atoms with Crippen molar-refractivity contribution < 1.29 is 19.7 Å². The zero-order valence-electron chi connectivity index (χ0n) is 13.3. The highest BCUT2D eigenvalue weighted by Crippen LogP contribution is 2.30. The lowest BCUT2D eigenvalue weighted by Crippen LogP contribution is -2.33. The average Bonchev–Trinajstić information content (AvgIpc) is 3.10. The van der Waals surface area contributed by atoms with Gasteiger partial charge in [0.1, 0.15) is 12.3 Å². The van der Waals surface area contributed by atoms with Crippen LogP contribution in [0.15, 0.2) is 11.1 Å². The molecule has 0 saturated carbocycles. The molecule has 24 heavy (non-hydrogen) atoms. The molecule has 130 valence electrons. The van der Waals surface area contributed by atoms with Gasteiger partial charge in [-0.05, 0) is 0 Å². The van der Waals surface area contributed by atoms with Gasteiger partial charge >= 0.3 is 0 Å². The Morgan fingerprint density at radius 1 is 1.54 bits per heavy atom. The molecule has 1 fully saturated rings. The Labute approximate surface area is 136 Å². The van der Waals surface area contributed by atoms with Crippen molar-refractivity contribution in [3.05, 3.63) is 16.7 Å². The summed E-state index contributed by atoms with van der Waals surface area (Å²) in [6.45, 7) is 2.98. The zero-order valence-corrected chi connectivity index (χ0v) is 13.3. The molecule has 2 aromatic heterocycles. The van der Waals surface area contributed by atoms with Crippen molar-refractivity contribution in [3.8, 4) is 0 Å². The number of nitrogens with zero attached hydrogens (tertiary/aromatic N) is 4. The molecule has 4 N–H and O–H groups in total. The number of hydrogen-bond donors (Lipinski definition) is 3. The summed E-state index contributed by atoms with van der Waals surface area (Å²) in [7, 11) is 0. The van der Waals surface area contributed by atoms with Gasteiger partial charge in [0, 0.05) is 12.3 Å². The molecule has 0 aliphatic carbocycles. The Hall–Kier alpha value is -2.30. The van der Waals surface area contributed by atoms with Crippen LogP contribution in [0.25, 0.3) is 11.2 Å². The Balaban J connectivity index is 2.09. The molecule has 2 aromatic rings. The number of ether oxygens (including phenoxy) is 1. The van der Waals surface area contributed by atoms with E-state index in [1.807, 2.05) is 0 Å². The van der Waals surface area contributed by atoms with Gasteiger partial charge in [-0.2, -0.15) is 4.98 Å². The van der Waals surface area contributed by atoms with Crippen LogP contribution in [0.5, 0.6) is 0 Å². The summed E-state index contributed by atoms with van der Waals surface area (Å²) in [6.07, 6.45) is -0.623. The van der Waals surface area contributed by atoms with E-state index in [9.17, 15) is 14.7 Å². The van der Waals surface area contributed by atoms with Gasteiger partial charge in [0.15, 0.2) is 11.2 Å². The Morgan fingerprint density at radius 3 is 2.83 bits per heavy atom. The average molecular weight is 337 g/mol. The number of carbonyl (C=O) groups is 1. The first-order chi connectivity index (χ1) is 11.3. The van der Waals surface area contributed by atoms with E-state index in [4.69, 9.17) is 15.6 Å². The number of fused-ring (bicyclic) bond motifs is 1. The van der Waals surface area contributed by atoms with Gasteiger partial charge in [0.25, 0.3) is 5.56 Å². The molecule has 0 spiro atoms. The van der Waals surface area contributed by atoms with Crippen molar-refractivity contribution in [1.29, 1.82) is 0 Å². The molecule has 1 saturated heterocycles. The van der Waals surface area contributed by atoms with Crippen LogP contribution >= 0.6 is 0 Å². The molecular weight excluding hydrogens is 318 g/mol. The van der Waals surface area contributed by atoms with Crippen molar-refractivity contribution in [2.75, 3.05) is 12.3 Å². The number of aliphatic hydroxyl groups is 2. The van der Waals surface area contributed by atoms with E-state index in [0.717, 1.165) is 4.57 Å². The van der Waals surface area contributed by atoms with Gasteiger partial charge in [-0.3, -0.25) is 14.2 Å². The van der Waals surface area contributed by atoms with Gasteiger partial charge in [-0.15, -0.1) is 0 Å². The molecule has 1 aliphatic rings. The first-order valence-corrected chi connectivity index (χ1v) is 7.58. The number of hydrogen-bond acceptors (Lipinski definition) is 8. The van der Waals surface area contributed by atoms with Gasteiger partial charge in [0.05, 0.1) is 19.0 Å². The van der Waals surface area contributed by atoms with Gasteiger partial charge in [-0.25, -0.2) is 9.55 Å². The predicted molar refractivity (Wildman–Crippen MR) is 83.3 cm³/mol. The normalized spacial score (nSPS) is 24.1. The lowest BCUT2D eigenvalue weighted by molar-refractivity contribution is -0.0432. The first-order valence-electron chi connectivity index (χ1n) is 7.58. The fourth-order valence-corrected chi connectivity index (χ4v) is 2.72. The van der Waals surface area contributed by atoms with E-state index in [-0.39, 0.29) is 30.1 Å². The summed E-state index contributed by atoms with van der Waals surface area (Å²) >= 11 is 0. The topological polar surface area (TPSA) is 145 Å². The van der Waals surface area contributed by atoms with Gasteiger partial charge in [0.2, 0.25) is 11.9 Å². The lowest BCUT2D eigenvalue weighted by Gasteiger charge is -2.14. The monoisotopic (exact) mass is 337 g/mol. The molecule has 0 amide bonds. The van der Waals surface area contributed by atoms with E-state index in [1.165, 1.54) is 10.9 Å². The maximum atomic E-state index is 12.5. The highest BCUT2D eigenvalue weighted by Gasteiger charge is 2.35.